The van der Waals surface area contributed by atoms with Gasteiger partial charge in [0.25, 0.3) is 0 Å². The highest BCUT2D eigenvalue weighted by atomic mass is 19.1. The summed E-state index contributed by atoms with van der Waals surface area (Å²) in [6.07, 6.45) is 1.46. The predicted molar refractivity (Wildman–Crippen MR) is 76.2 cm³/mol. The fourth-order valence-corrected chi connectivity index (χ4v) is 2.53. The quantitative estimate of drug-likeness (QED) is 0.909. The van der Waals surface area contributed by atoms with Gasteiger partial charge >= 0.3 is 6.03 Å². The van der Waals surface area contributed by atoms with Crippen molar-refractivity contribution in [2.24, 2.45) is 0 Å². The third kappa shape index (κ3) is 4.14. The van der Waals surface area contributed by atoms with Crippen LogP contribution >= 0.6 is 0 Å². The van der Waals surface area contributed by atoms with Crippen LogP contribution in [-0.4, -0.2) is 36.2 Å². The van der Waals surface area contributed by atoms with E-state index in [0.29, 0.717) is 13.0 Å². The molecule has 1 aliphatic heterocycles. The molecule has 1 aliphatic rings. The summed E-state index contributed by atoms with van der Waals surface area (Å²) in [5.74, 6) is -1.44. The van der Waals surface area contributed by atoms with Crippen LogP contribution in [-0.2, 0) is 4.74 Å². The molecule has 0 spiro atoms. The van der Waals surface area contributed by atoms with E-state index in [4.69, 9.17) is 4.74 Å². The highest BCUT2D eigenvalue weighted by Crippen LogP contribution is 2.27. The first-order chi connectivity index (χ1) is 9.77. The number of benzene rings is 1. The minimum atomic E-state index is -0.722. The maximum absolute atomic E-state index is 13.1. The highest BCUT2D eigenvalue weighted by molar-refractivity contribution is 5.89. The molecule has 1 aromatic carbocycles. The van der Waals surface area contributed by atoms with Crippen molar-refractivity contribution < 1.29 is 18.3 Å². The standard InChI is InChI=1S/C15H20F2N2O2/c1-15(2)9-13(4-5-21-15)19(3)14(20)18-12-7-10(16)6-11(17)8-12/h6-8,13H,4-5,9H2,1-3H3,(H,18,20)/t13-/m0/s1. The summed E-state index contributed by atoms with van der Waals surface area (Å²) >= 11 is 0. The number of rotatable bonds is 2. The Morgan fingerprint density at radius 3 is 2.52 bits per heavy atom. The maximum Gasteiger partial charge on any atom is 0.321 e. The molecule has 4 nitrogen and oxygen atoms in total. The Morgan fingerprint density at radius 2 is 1.95 bits per heavy atom. The Bertz CT molecular complexity index is 514. The van der Waals surface area contributed by atoms with Crippen LogP contribution in [0.5, 0.6) is 0 Å². The molecule has 2 rings (SSSR count). The molecule has 6 heteroatoms. The molecule has 0 saturated carbocycles. The minimum Gasteiger partial charge on any atom is -0.375 e. The fourth-order valence-electron chi connectivity index (χ4n) is 2.53. The summed E-state index contributed by atoms with van der Waals surface area (Å²) < 4.78 is 31.8. The molecule has 0 radical (unpaired) electrons. The van der Waals surface area contributed by atoms with Crippen LogP contribution in [0.15, 0.2) is 18.2 Å². The molecule has 1 N–H and O–H groups in total. The van der Waals surface area contributed by atoms with Gasteiger partial charge in [0.2, 0.25) is 0 Å². The number of hydrogen-bond donors (Lipinski definition) is 1. The van der Waals surface area contributed by atoms with Gasteiger partial charge < -0.3 is 15.0 Å². The van der Waals surface area contributed by atoms with E-state index in [1.165, 1.54) is 0 Å². The van der Waals surface area contributed by atoms with Gasteiger partial charge in [-0.3, -0.25) is 0 Å². The molecule has 1 heterocycles. The number of carbonyl (C=O) groups is 1. The Kier molecular flexibility index (Phi) is 4.46. The lowest BCUT2D eigenvalue weighted by molar-refractivity contribution is -0.0739. The zero-order valence-electron chi connectivity index (χ0n) is 12.5. The zero-order chi connectivity index (χ0) is 15.6. The van der Waals surface area contributed by atoms with Gasteiger partial charge in [0.05, 0.1) is 5.60 Å². The molecule has 21 heavy (non-hydrogen) atoms. The smallest absolute Gasteiger partial charge is 0.321 e. The number of amides is 2. The molecule has 1 atom stereocenters. The van der Waals surface area contributed by atoms with E-state index >= 15 is 0 Å². The third-order valence-corrected chi connectivity index (χ3v) is 3.65. The zero-order valence-corrected chi connectivity index (χ0v) is 12.5. The summed E-state index contributed by atoms with van der Waals surface area (Å²) in [5.41, 5.74) is -0.168. The summed E-state index contributed by atoms with van der Waals surface area (Å²) in [6, 6.07) is 2.58. The predicted octanol–water partition coefficient (Wildman–Crippen LogP) is 3.39. The first-order valence-corrected chi connectivity index (χ1v) is 6.91. The van der Waals surface area contributed by atoms with Crippen molar-refractivity contribution in [3.05, 3.63) is 29.8 Å². The lowest BCUT2D eigenvalue weighted by Crippen LogP contribution is -2.48. The minimum absolute atomic E-state index is 0.0344. The van der Waals surface area contributed by atoms with Crippen LogP contribution in [0.4, 0.5) is 19.3 Å². The van der Waals surface area contributed by atoms with Gasteiger partial charge in [-0.15, -0.1) is 0 Å². The van der Waals surface area contributed by atoms with Gasteiger partial charge in [0.15, 0.2) is 0 Å². The van der Waals surface area contributed by atoms with E-state index in [-0.39, 0.29) is 23.4 Å². The van der Waals surface area contributed by atoms with Crippen molar-refractivity contribution in [3.63, 3.8) is 0 Å². The normalized spacial score (nSPS) is 20.9. The first kappa shape index (κ1) is 15.7. The molecule has 0 bridgehead atoms. The molecule has 0 unspecified atom stereocenters. The molecular formula is C15H20F2N2O2. The molecule has 1 aromatic rings. The van der Waals surface area contributed by atoms with E-state index in [2.05, 4.69) is 5.32 Å². The van der Waals surface area contributed by atoms with Crippen LogP contribution in [0.1, 0.15) is 26.7 Å². The maximum atomic E-state index is 13.1. The second kappa shape index (κ2) is 5.97. The number of hydrogen-bond acceptors (Lipinski definition) is 2. The fraction of sp³-hybridized carbons (Fsp3) is 0.533. The van der Waals surface area contributed by atoms with Crippen molar-refractivity contribution in [1.29, 1.82) is 0 Å². The number of ether oxygens (including phenoxy) is 1. The highest BCUT2D eigenvalue weighted by Gasteiger charge is 2.32. The van der Waals surface area contributed by atoms with E-state index in [9.17, 15) is 13.6 Å². The summed E-state index contributed by atoms with van der Waals surface area (Å²) in [6.45, 7) is 4.55. The summed E-state index contributed by atoms with van der Waals surface area (Å²) in [4.78, 5) is 13.7. The topological polar surface area (TPSA) is 41.6 Å². The SMILES string of the molecule is CN(C(=O)Nc1cc(F)cc(F)c1)[C@H]1CCOC(C)(C)C1. The van der Waals surface area contributed by atoms with Crippen molar-refractivity contribution in [2.45, 2.75) is 38.3 Å². The number of nitrogens with zero attached hydrogens (tertiary/aromatic N) is 1. The Balaban J connectivity index is 2.02. The first-order valence-electron chi connectivity index (χ1n) is 6.91. The van der Waals surface area contributed by atoms with Gasteiger partial charge in [-0.2, -0.15) is 0 Å². The second-order valence-electron chi connectivity index (χ2n) is 5.95. The molecule has 0 aromatic heterocycles. The number of carbonyl (C=O) groups excluding carboxylic acids is 1. The molecule has 2 amide bonds. The summed E-state index contributed by atoms with van der Waals surface area (Å²) in [7, 11) is 1.68. The van der Waals surface area contributed by atoms with Gasteiger partial charge in [-0.05, 0) is 38.8 Å². The number of anilines is 1. The van der Waals surface area contributed by atoms with E-state index in [1.807, 2.05) is 13.8 Å². The van der Waals surface area contributed by atoms with Crippen LogP contribution < -0.4 is 5.32 Å². The average Bonchev–Trinajstić information content (AvgIpc) is 2.35. The second-order valence-corrected chi connectivity index (χ2v) is 5.95. The molecule has 0 aliphatic carbocycles. The largest absolute Gasteiger partial charge is 0.375 e. The number of halogens is 2. The molecule has 1 fully saturated rings. The van der Waals surface area contributed by atoms with Crippen LogP contribution in [0.2, 0.25) is 0 Å². The number of nitrogens with one attached hydrogen (secondary N) is 1. The Labute approximate surface area is 123 Å². The molecule has 116 valence electrons. The van der Waals surface area contributed by atoms with E-state index in [0.717, 1.165) is 24.6 Å². The van der Waals surface area contributed by atoms with E-state index in [1.54, 1.807) is 11.9 Å². The van der Waals surface area contributed by atoms with E-state index < -0.39 is 11.6 Å². The lowest BCUT2D eigenvalue weighted by atomic mass is 9.93. The lowest BCUT2D eigenvalue weighted by Gasteiger charge is -2.39. The Hall–Kier alpha value is -1.69. The number of urea groups is 1. The van der Waals surface area contributed by atoms with Crippen molar-refractivity contribution >= 4 is 11.7 Å². The molecule has 1 saturated heterocycles. The van der Waals surface area contributed by atoms with Crippen LogP contribution in [0.25, 0.3) is 0 Å². The van der Waals surface area contributed by atoms with Gasteiger partial charge in [-0.1, -0.05) is 0 Å². The van der Waals surface area contributed by atoms with Gasteiger partial charge in [0, 0.05) is 31.5 Å². The monoisotopic (exact) mass is 298 g/mol. The van der Waals surface area contributed by atoms with Gasteiger partial charge in [0.1, 0.15) is 11.6 Å². The van der Waals surface area contributed by atoms with Crippen molar-refractivity contribution in [1.82, 2.24) is 4.90 Å². The van der Waals surface area contributed by atoms with Crippen LogP contribution in [0.3, 0.4) is 0 Å². The summed E-state index contributed by atoms with van der Waals surface area (Å²) in [5, 5.41) is 2.51. The van der Waals surface area contributed by atoms with Crippen molar-refractivity contribution in [3.8, 4) is 0 Å². The van der Waals surface area contributed by atoms with Crippen molar-refractivity contribution in [2.75, 3.05) is 19.0 Å². The average molecular weight is 298 g/mol. The Morgan fingerprint density at radius 1 is 1.33 bits per heavy atom. The molecular weight excluding hydrogens is 278 g/mol. The van der Waals surface area contributed by atoms with Crippen LogP contribution in [0, 0.1) is 11.6 Å². The van der Waals surface area contributed by atoms with Gasteiger partial charge in [-0.25, -0.2) is 13.6 Å². The third-order valence-electron chi connectivity index (χ3n) is 3.65.